The molecule has 1 aromatic carbocycles. The quantitative estimate of drug-likeness (QED) is 0.674. The number of ether oxygens (including phenoxy) is 1. The number of aryl methyl sites for hydroxylation is 1. The molecule has 108 valence electrons. The largest absolute Gasteiger partial charge is 0.488 e. The van der Waals surface area contributed by atoms with E-state index < -0.39 is 19.6 Å². The van der Waals surface area contributed by atoms with Gasteiger partial charge in [-0.15, -0.1) is 0 Å². The minimum Gasteiger partial charge on any atom is -0.434 e. The summed E-state index contributed by atoms with van der Waals surface area (Å²) in [6, 6.07) is 2.46. The summed E-state index contributed by atoms with van der Waals surface area (Å²) in [6.45, 7) is -1.58. The summed E-state index contributed by atoms with van der Waals surface area (Å²) in [6.07, 6.45) is 1.73. The first kappa shape index (κ1) is 14.7. The Morgan fingerprint density at radius 1 is 1.45 bits per heavy atom. The lowest BCUT2D eigenvalue weighted by Crippen LogP contribution is -2.33. The van der Waals surface area contributed by atoms with Crippen LogP contribution >= 0.6 is 0 Å². The standard InChI is InChI=1S/C12H14BF2NO4/c1-6-4-7(13(18)19)5-9(20-12(14)15)10(6)11(17)16-8-2-3-8/h4-5,8,12,18-19H,2-3H2,1H3,(H,16,17). The molecule has 20 heavy (non-hydrogen) atoms. The van der Waals surface area contributed by atoms with E-state index in [9.17, 15) is 13.6 Å². The zero-order valence-corrected chi connectivity index (χ0v) is 10.8. The molecule has 0 atom stereocenters. The smallest absolute Gasteiger partial charge is 0.434 e. The first-order valence-corrected chi connectivity index (χ1v) is 6.15. The maximum Gasteiger partial charge on any atom is 0.488 e. The van der Waals surface area contributed by atoms with E-state index in [0.29, 0.717) is 5.56 Å². The highest BCUT2D eigenvalue weighted by Crippen LogP contribution is 2.25. The van der Waals surface area contributed by atoms with Gasteiger partial charge in [-0.05, 0) is 36.9 Å². The Bertz CT molecular complexity index is 520. The van der Waals surface area contributed by atoms with Crippen LogP contribution in [0.4, 0.5) is 8.78 Å². The summed E-state index contributed by atoms with van der Waals surface area (Å²) in [7, 11) is -1.82. The molecule has 0 unspecified atom stereocenters. The van der Waals surface area contributed by atoms with Gasteiger partial charge in [0.05, 0.1) is 5.56 Å². The molecule has 0 bridgehead atoms. The average molecular weight is 285 g/mol. The van der Waals surface area contributed by atoms with Gasteiger partial charge in [-0.3, -0.25) is 4.79 Å². The van der Waals surface area contributed by atoms with E-state index in [1.54, 1.807) is 0 Å². The monoisotopic (exact) mass is 285 g/mol. The zero-order valence-electron chi connectivity index (χ0n) is 10.8. The van der Waals surface area contributed by atoms with Crippen LogP contribution in [0.15, 0.2) is 12.1 Å². The van der Waals surface area contributed by atoms with Crippen LogP contribution < -0.4 is 15.5 Å². The Balaban J connectivity index is 2.38. The summed E-state index contributed by atoms with van der Waals surface area (Å²) in [5, 5.41) is 20.9. The Labute approximate surface area is 114 Å². The number of halogens is 2. The van der Waals surface area contributed by atoms with Crippen molar-refractivity contribution in [3.8, 4) is 5.75 Å². The van der Waals surface area contributed by atoms with Crippen molar-refractivity contribution in [2.75, 3.05) is 0 Å². The molecule has 0 spiro atoms. The highest BCUT2D eigenvalue weighted by atomic mass is 19.3. The molecule has 0 radical (unpaired) electrons. The van der Waals surface area contributed by atoms with Gasteiger partial charge in [0.25, 0.3) is 5.91 Å². The second-order valence-electron chi connectivity index (χ2n) is 4.71. The summed E-state index contributed by atoms with van der Waals surface area (Å²) in [5.41, 5.74) is 0.312. The molecular weight excluding hydrogens is 271 g/mol. The Hall–Kier alpha value is -1.67. The van der Waals surface area contributed by atoms with E-state index in [1.807, 2.05) is 0 Å². The zero-order chi connectivity index (χ0) is 14.9. The first-order chi connectivity index (χ1) is 9.38. The molecule has 3 N–H and O–H groups in total. The fourth-order valence-corrected chi connectivity index (χ4v) is 1.90. The van der Waals surface area contributed by atoms with Crippen LogP contribution in [-0.2, 0) is 0 Å². The molecule has 2 rings (SSSR count). The second kappa shape index (κ2) is 5.76. The average Bonchev–Trinajstić information content (AvgIpc) is 3.10. The van der Waals surface area contributed by atoms with E-state index in [1.165, 1.54) is 13.0 Å². The molecule has 1 aliphatic rings. The third-order valence-corrected chi connectivity index (χ3v) is 2.98. The number of rotatable bonds is 5. The van der Waals surface area contributed by atoms with Crippen LogP contribution in [0.5, 0.6) is 5.75 Å². The number of carbonyl (C=O) groups excluding carboxylic acids is 1. The Morgan fingerprint density at radius 3 is 2.60 bits per heavy atom. The van der Waals surface area contributed by atoms with Crippen molar-refractivity contribution in [2.24, 2.45) is 0 Å². The molecule has 1 fully saturated rings. The Kier molecular flexibility index (Phi) is 4.25. The van der Waals surface area contributed by atoms with Gasteiger partial charge in [-0.2, -0.15) is 8.78 Å². The predicted molar refractivity (Wildman–Crippen MR) is 68.1 cm³/mol. The molecule has 0 aromatic heterocycles. The molecule has 1 amide bonds. The van der Waals surface area contributed by atoms with Gasteiger partial charge < -0.3 is 20.1 Å². The van der Waals surface area contributed by atoms with Crippen molar-refractivity contribution in [1.29, 1.82) is 0 Å². The number of carbonyl (C=O) groups is 1. The normalized spacial score (nSPS) is 14.3. The molecule has 0 heterocycles. The van der Waals surface area contributed by atoms with Crippen LogP contribution in [-0.4, -0.2) is 35.7 Å². The highest BCUT2D eigenvalue weighted by Gasteiger charge is 2.28. The van der Waals surface area contributed by atoms with E-state index in [2.05, 4.69) is 10.1 Å². The summed E-state index contributed by atoms with van der Waals surface area (Å²) in [5.74, 6) is -0.860. The van der Waals surface area contributed by atoms with Gasteiger partial charge in [-0.25, -0.2) is 0 Å². The molecular formula is C12H14BF2NO4. The number of benzene rings is 1. The highest BCUT2D eigenvalue weighted by molar-refractivity contribution is 6.58. The van der Waals surface area contributed by atoms with E-state index in [4.69, 9.17) is 10.0 Å². The number of hydrogen-bond acceptors (Lipinski definition) is 4. The van der Waals surface area contributed by atoms with Crippen molar-refractivity contribution in [3.05, 3.63) is 23.3 Å². The molecule has 5 nitrogen and oxygen atoms in total. The van der Waals surface area contributed by atoms with Gasteiger partial charge in [0.15, 0.2) is 0 Å². The van der Waals surface area contributed by atoms with Crippen molar-refractivity contribution >= 4 is 18.5 Å². The van der Waals surface area contributed by atoms with Crippen LogP contribution in [0.2, 0.25) is 0 Å². The summed E-state index contributed by atoms with van der Waals surface area (Å²) < 4.78 is 29.2. The fourth-order valence-electron chi connectivity index (χ4n) is 1.90. The van der Waals surface area contributed by atoms with Crippen LogP contribution in [0, 0.1) is 6.92 Å². The predicted octanol–water partition coefficient (Wildman–Crippen LogP) is 0.168. The van der Waals surface area contributed by atoms with Crippen LogP contribution in [0.3, 0.4) is 0 Å². The first-order valence-electron chi connectivity index (χ1n) is 6.15. The van der Waals surface area contributed by atoms with E-state index >= 15 is 0 Å². The SMILES string of the molecule is Cc1cc(B(O)O)cc(OC(F)F)c1C(=O)NC1CC1. The number of nitrogens with one attached hydrogen (secondary N) is 1. The number of hydrogen-bond donors (Lipinski definition) is 3. The number of amides is 1. The minimum atomic E-state index is -3.10. The van der Waals surface area contributed by atoms with Gasteiger partial charge in [-0.1, -0.05) is 6.07 Å². The fraction of sp³-hybridized carbons (Fsp3) is 0.417. The van der Waals surface area contributed by atoms with Gasteiger partial charge in [0.1, 0.15) is 5.75 Å². The van der Waals surface area contributed by atoms with Gasteiger partial charge in [0, 0.05) is 6.04 Å². The number of alkyl halides is 2. The molecule has 1 saturated carbocycles. The second-order valence-corrected chi connectivity index (χ2v) is 4.71. The van der Waals surface area contributed by atoms with Crippen LogP contribution in [0.25, 0.3) is 0 Å². The molecule has 8 heteroatoms. The molecule has 0 saturated heterocycles. The van der Waals surface area contributed by atoms with Crippen molar-refractivity contribution in [2.45, 2.75) is 32.4 Å². The third-order valence-electron chi connectivity index (χ3n) is 2.98. The summed E-state index contributed by atoms with van der Waals surface area (Å²) in [4.78, 5) is 12.0. The molecule has 1 aliphatic carbocycles. The van der Waals surface area contributed by atoms with Gasteiger partial charge in [0.2, 0.25) is 0 Å². The van der Waals surface area contributed by atoms with Crippen molar-refractivity contribution in [1.82, 2.24) is 5.32 Å². The Morgan fingerprint density at radius 2 is 2.10 bits per heavy atom. The van der Waals surface area contributed by atoms with Crippen molar-refractivity contribution < 1.29 is 28.4 Å². The van der Waals surface area contributed by atoms with Crippen LogP contribution in [0.1, 0.15) is 28.8 Å². The van der Waals surface area contributed by atoms with Gasteiger partial charge >= 0.3 is 13.7 Å². The molecule has 1 aromatic rings. The van der Waals surface area contributed by atoms with Crippen molar-refractivity contribution in [3.63, 3.8) is 0 Å². The maximum atomic E-state index is 12.4. The maximum absolute atomic E-state index is 12.4. The topological polar surface area (TPSA) is 78.8 Å². The lowest BCUT2D eigenvalue weighted by molar-refractivity contribution is -0.0501. The van der Waals surface area contributed by atoms with E-state index in [-0.39, 0.29) is 22.8 Å². The summed E-state index contributed by atoms with van der Waals surface area (Å²) >= 11 is 0. The lowest BCUT2D eigenvalue weighted by atomic mass is 9.78. The third kappa shape index (κ3) is 3.46. The van der Waals surface area contributed by atoms with E-state index in [0.717, 1.165) is 18.9 Å². The lowest BCUT2D eigenvalue weighted by Gasteiger charge is -2.15. The molecule has 0 aliphatic heterocycles. The minimum absolute atomic E-state index is 0.0124.